The quantitative estimate of drug-likeness (QED) is 0.905. The first kappa shape index (κ1) is 14.7. The SMILES string of the molecule is CNCc1cccc(Cl)c1N(C)c1ccc(OC)cc1. The Labute approximate surface area is 125 Å². The summed E-state index contributed by atoms with van der Waals surface area (Å²) in [5, 5.41) is 3.92. The van der Waals surface area contributed by atoms with Gasteiger partial charge in [-0.05, 0) is 42.9 Å². The summed E-state index contributed by atoms with van der Waals surface area (Å²) in [7, 11) is 5.61. The highest BCUT2D eigenvalue weighted by molar-refractivity contribution is 6.33. The van der Waals surface area contributed by atoms with Crippen molar-refractivity contribution in [3.05, 3.63) is 53.1 Å². The third-order valence-corrected chi connectivity index (χ3v) is 3.54. The molecule has 2 rings (SSSR count). The standard InChI is InChI=1S/C16H19ClN2O/c1-18-11-12-5-4-6-15(17)16(12)19(2)13-7-9-14(20-3)10-8-13/h4-10,18H,11H2,1-3H3. The molecular formula is C16H19ClN2O. The summed E-state index contributed by atoms with van der Waals surface area (Å²) in [6, 6.07) is 13.9. The molecule has 106 valence electrons. The van der Waals surface area contributed by atoms with E-state index in [4.69, 9.17) is 16.3 Å². The van der Waals surface area contributed by atoms with Gasteiger partial charge in [0.15, 0.2) is 0 Å². The van der Waals surface area contributed by atoms with Gasteiger partial charge in [-0.1, -0.05) is 23.7 Å². The molecule has 0 aliphatic rings. The van der Waals surface area contributed by atoms with Gasteiger partial charge < -0.3 is 15.0 Å². The predicted molar refractivity (Wildman–Crippen MR) is 85.3 cm³/mol. The molecule has 2 aromatic rings. The third-order valence-electron chi connectivity index (χ3n) is 3.23. The lowest BCUT2D eigenvalue weighted by Crippen LogP contribution is -2.15. The zero-order valence-electron chi connectivity index (χ0n) is 12.0. The molecule has 0 aromatic heterocycles. The number of ether oxygens (including phenoxy) is 1. The summed E-state index contributed by atoms with van der Waals surface area (Å²) in [6.07, 6.45) is 0. The smallest absolute Gasteiger partial charge is 0.119 e. The van der Waals surface area contributed by atoms with Crippen LogP contribution in [0.4, 0.5) is 11.4 Å². The highest BCUT2D eigenvalue weighted by Crippen LogP contribution is 2.34. The second-order valence-electron chi connectivity index (χ2n) is 4.53. The Morgan fingerprint density at radius 2 is 1.85 bits per heavy atom. The van der Waals surface area contributed by atoms with Crippen LogP contribution in [-0.4, -0.2) is 21.2 Å². The van der Waals surface area contributed by atoms with Crippen molar-refractivity contribution in [2.75, 3.05) is 26.1 Å². The fraction of sp³-hybridized carbons (Fsp3) is 0.250. The van der Waals surface area contributed by atoms with Crippen LogP contribution in [0.15, 0.2) is 42.5 Å². The maximum absolute atomic E-state index is 6.37. The maximum atomic E-state index is 6.37. The minimum atomic E-state index is 0.746. The largest absolute Gasteiger partial charge is 0.497 e. The Morgan fingerprint density at radius 3 is 2.45 bits per heavy atom. The Hall–Kier alpha value is -1.71. The first-order valence-electron chi connectivity index (χ1n) is 6.47. The van der Waals surface area contributed by atoms with Crippen molar-refractivity contribution < 1.29 is 4.74 Å². The summed E-state index contributed by atoms with van der Waals surface area (Å²) < 4.78 is 5.19. The molecule has 0 spiro atoms. The molecule has 0 amide bonds. The maximum Gasteiger partial charge on any atom is 0.119 e. The Balaban J connectivity index is 2.38. The number of anilines is 2. The minimum Gasteiger partial charge on any atom is -0.497 e. The van der Waals surface area contributed by atoms with Crippen molar-refractivity contribution in [3.63, 3.8) is 0 Å². The molecule has 0 atom stereocenters. The van der Waals surface area contributed by atoms with E-state index in [1.54, 1.807) is 7.11 Å². The molecule has 0 heterocycles. The normalized spacial score (nSPS) is 10.4. The van der Waals surface area contributed by atoms with E-state index in [-0.39, 0.29) is 0 Å². The van der Waals surface area contributed by atoms with Crippen LogP contribution in [0.5, 0.6) is 5.75 Å². The number of rotatable bonds is 5. The van der Waals surface area contributed by atoms with E-state index < -0.39 is 0 Å². The molecule has 0 aliphatic heterocycles. The van der Waals surface area contributed by atoms with Crippen LogP contribution in [-0.2, 0) is 6.54 Å². The fourth-order valence-corrected chi connectivity index (χ4v) is 2.52. The van der Waals surface area contributed by atoms with Crippen molar-refractivity contribution in [2.24, 2.45) is 0 Å². The van der Waals surface area contributed by atoms with E-state index >= 15 is 0 Å². The zero-order valence-corrected chi connectivity index (χ0v) is 12.7. The number of nitrogens with zero attached hydrogens (tertiary/aromatic N) is 1. The molecule has 0 aliphatic carbocycles. The monoisotopic (exact) mass is 290 g/mol. The zero-order chi connectivity index (χ0) is 14.5. The number of halogens is 1. The van der Waals surface area contributed by atoms with E-state index in [2.05, 4.69) is 16.3 Å². The third kappa shape index (κ3) is 3.06. The van der Waals surface area contributed by atoms with Crippen LogP contribution in [0.25, 0.3) is 0 Å². The summed E-state index contributed by atoms with van der Waals surface area (Å²) in [6.45, 7) is 0.774. The molecule has 4 heteroatoms. The molecule has 0 fully saturated rings. The van der Waals surface area contributed by atoms with Crippen LogP contribution < -0.4 is 15.0 Å². The Bertz CT molecular complexity index is 569. The average molecular weight is 291 g/mol. The molecule has 0 unspecified atom stereocenters. The number of nitrogens with one attached hydrogen (secondary N) is 1. The summed E-state index contributed by atoms with van der Waals surface area (Å²) in [4.78, 5) is 2.09. The van der Waals surface area contributed by atoms with Gasteiger partial charge in [0.1, 0.15) is 5.75 Å². The number of benzene rings is 2. The topological polar surface area (TPSA) is 24.5 Å². The van der Waals surface area contributed by atoms with Crippen molar-refractivity contribution in [2.45, 2.75) is 6.54 Å². The summed E-state index contributed by atoms with van der Waals surface area (Å²) in [5.74, 6) is 0.844. The van der Waals surface area contributed by atoms with E-state index in [9.17, 15) is 0 Å². The predicted octanol–water partition coefficient (Wildman–Crippen LogP) is 3.84. The molecule has 0 radical (unpaired) electrons. The average Bonchev–Trinajstić information content (AvgIpc) is 2.47. The number of para-hydroxylation sites is 1. The van der Waals surface area contributed by atoms with E-state index in [1.807, 2.05) is 50.5 Å². The van der Waals surface area contributed by atoms with Gasteiger partial charge in [-0.15, -0.1) is 0 Å². The highest BCUT2D eigenvalue weighted by atomic mass is 35.5. The second-order valence-corrected chi connectivity index (χ2v) is 4.94. The van der Waals surface area contributed by atoms with Crippen LogP contribution in [0.3, 0.4) is 0 Å². The lowest BCUT2D eigenvalue weighted by atomic mass is 10.1. The highest BCUT2D eigenvalue weighted by Gasteiger charge is 2.12. The van der Waals surface area contributed by atoms with Crippen LogP contribution in [0.2, 0.25) is 5.02 Å². The lowest BCUT2D eigenvalue weighted by molar-refractivity contribution is 0.415. The van der Waals surface area contributed by atoms with Gasteiger partial charge in [0.05, 0.1) is 17.8 Å². The van der Waals surface area contributed by atoms with E-state index in [1.165, 1.54) is 5.56 Å². The van der Waals surface area contributed by atoms with Gasteiger partial charge in [0.25, 0.3) is 0 Å². The van der Waals surface area contributed by atoms with E-state index in [0.29, 0.717) is 0 Å². The van der Waals surface area contributed by atoms with Gasteiger partial charge in [0, 0.05) is 19.3 Å². The number of methoxy groups -OCH3 is 1. The Morgan fingerprint density at radius 1 is 1.15 bits per heavy atom. The van der Waals surface area contributed by atoms with Crippen molar-refractivity contribution >= 4 is 23.0 Å². The summed E-state index contributed by atoms with van der Waals surface area (Å²) >= 11 is 6.37. The van der Waals surface area contributed by atoms with Gasteiger partial charge in [0.2, 0.25) is 0 Å². The van der Waals surface area contributed by atoms with Crippen LogP contribution in [0.1, 0.15) is 5.56 Å². The second kappa shape index (κ2) is 6.64. The van der Waals surface area contributed by atoms with Gasteiger partial charge in [-0.2, -0.15) is 0 Å². The van der Waals surface area contributed by atoms with Crippen molar-refractivity contribution in [1.82, 2.24) is 5.32 Å². The fourth-order valence-electron chi connectivity index (χ4n) is 2.20. The molecule has 20 heavy (non-hydrogen) atoms. The van der Waals surface area contributed by atoms with Crippen molar-refractivity contribution in [3.8, 4) is 5.75 Å². The molecular weight excluding hydrogens is 272 g/mol. The van der Waals surface area contributed by atoms with Gasteiger partial charge in [-0.25, -0.2) is 0 Å². The molecule has 2 aromatic carbocycles. The van der Waals surface area contributed by atoms with Crippen molar-refractivity contribution in [1.29, 1.82) is 0 Å². The molecule has 0 bridgehead atoms. The number of hydrogen-bond acceptors (Lipinski definition) is 3. The summed E-state index contributed by atoms with van der Waals surface area (Å²) in [5.41, 5.74) is 3.25. The Kier molecular flexibility index (Phi) is 4.88. The molecule has 3 nitrogen and oxygen atoms in total. The van der Waals surface area contributed by atoms with E-state index in [0.717, 1.165) is 28.7 Å². The minimum absolute atomic E-state index is 0.746. The first-order chi connectivity index (χ1) is 9.67. The van der Waals surface area contributed by atoms with Crippen LogP contribution in [0, 0.1) is 0 Å². The number of hydrogen-bond donors (Lipinski definition) is 1. The van der Waals surface area contributed by atoms with Gasteiger partial charge in [-0.3, -0.25) is 0 Å². The molecule has 0 saturated carbocycles. The van der Waals surface area contributed by atoms with Crippen LogP contribution >= 0.6 is 11.6 Å². The van der Waals surface area contributed by atoms with Gasteiger partial charge >= 0.3 is 0 Å². The molecule has 0 saturated heterocycles. The lowest BCUT2D eigenvalue weighted by Gasteiger charge is -2.24. The molecule has 1 N–H and O–H groups in total. The first-order valence-corrected chi connectivity index (χ1v) is 6.85.